The summed E-state index contributed by atoms with van der Waals surface area (Å²) < 4.78 is 2.05. The van der Waals surface area contributed by atoms with Crippen LogP contribution < -0.4 is 5.32 Å². The van der Waals surface area contributed by atoms with Crippen LogP contribution in [0.3, 0.4) is 0 Å². The third-order valence-electron chi connectivity index (χ3n) is 2.97. The molecular weight excluding hydrogens is 232 g/mol. The van der Waals surface area contributed by atoms with Crippen molar-refractivity contribution in [2.24, 2.45) is 7.05 Å². The van der Waals surface area contributed by atoms with Crippen LogP contribution in [0.25, 0.3) is 0 Å². The molecule has 0 saturated heterocycles. The van der Waals surface area contributed by atoms with E-state index in [-0.39, 0.29) is 0 Å². The molecule has 0 aliphatic rings. The summed E-state index contributed by atoms with van der Waals surface area (Å²) in [5.41, 5.74) is 0. The van der Waals surface area contributed by atoms with E-state index in [9.17, 15) is 0 Å². The van der Waals surface area contributed by atoms with Crippen LogP contribution in [0.1, 0.15) is 38.9 Å². The molecule has 5 heteroatoms. The Bertz CT molecular complexity index is 324. The van der Waals surface area contributed by atoms with Crippen molar-refractivity contribution in [1.82, 2.24) is 20.1 Å². The molecular formula is C12H24N4S. The first-order valence-corrected chi connectivity index (χ1v) is 7.39. The predicted molar refractivity (Wildman–Crippen MR) is 73.5 cm³/mol. The molecule has 1 heterocycles. The fourth-order valence-electron chi connectivity index (χ4n) is 1.75. The minimum absolute atomic E-state index is 0.668. The van der Waals surface area contributed by atoms with Gasteiger partial charge in [-0.1, -0.05) is 25.6 Å². The van der Waals surface area contributed by atoms with Crippen LogP contribution in [0.4, 0.5) is 0 Å². The quantitative estimate of drug-likeness (QED) is 0.573. The summed E-state index contributed by atoms with van der Waals surface area (Å²) in [6.07, 6.45) is 3.68. The molecule has 1 aromatic rings. The lowest BCUT2D eigenvalue weighted by molar-refractivity contribution is 0.477. The summed E-state index contributed by atoms with van der Waals surface area (Å²) in [5.74, 6) is 2.10. The van der Waals surface area contributed by atoms with Crippen molar-refractivity contribution in [2.75, 3.05) is 12.3 Å². The number of nitrogens with one attached hydrogen (secondary N) is 1. The van der Waals surface area contributed by atoms with E-state index in [1.54, 1.807) is 11.8 Å². The highest BCUT2D eigenvalue weighted by Gasteiger charge is 2.07. The first-order valence-electron chi connectivity index (χ1n) is 6.41. The number of hydrogen-bond acceptors (Lipinski definition) is 4. The Balaban J connectivity index is 2.22. The Morgan fingerprint density at radius 3 is 2.65 bits per heavy atom. The molecule has 0 aliphatic carbocycles. The van der Waals surface area contributed by atoms with E-state index in [2.05, 4.69) is 29.4 Å². The average molecular weight is 256 g/mol. The zero-order valence-corrected chi connectivity index (χ0v) is 12.2. The van der Waals surface area contributed by atoms with E-state index < -0.39 is 0 Å². The van der Waals surface area contributed by atoms with Gasteiger partial charge in [0.1, 0.15) is 5.82 Å². The van der Waals surface area contributed by atoms with Crippen LogP contribution in [-0.4, -0.2) is 33.1 Å². The van der Waals surface area contributed by atoms with Crippen LogP contribution in [0, 0.1) is 6.92 Å². The van der Waals surface area contributed by atoms with Gasteiger partial charge in [-0.25, -0.2) is 0 Å². The van der Waals surface area contributed by atoms with Crippen molar-refractivity contribution in [3.63, 3.8) is 0 Å². The molecule has 1 atom stereocenters. The van der Waals surface area contributed by atoms with Gasteiger partial charge in [0.2, 0.25) is 0 Å². The second kappa shape index (κ2) is 7.71. The van der Waals surface area contributed by atoms with Gasteiger partial charge in [-0.2, -0.15) is 0 Å². The van der Waals surface area contributed by atoms with E-state index >= 15 is 0 Å². The first kappa shape index (κ1) is 14.5. The molecule has 98 valence electrons. The molecule has 1 aromatic heterocycles. The van der Waals surface area contributed by atoms with Gasteiger partial charge in [0, 0.05) is 18.8 Å². The Hall–Kier alpha value is -0.550. The van der Waals surface area contributed by atoms with Crippen molar-refractivity contribution < 1.29 is 0 Å². The van der Waals surface area contributed by atoms with E-state index in [0.717, 1.165) is 23.3 Å². The summed E-state index contributed by atoms with van der Waals surface area (Å²) in [6.45, 7) is 7.45. The molecule has 1 N–H and O–H groups in total. The summed E-state index contributed by atoms with van der Waals surface area (Å²) in [5, 5.41) is 12.7. The molecule has 0 fully saturated rings. The summed E-state index contributed by atoms with van der Waals surface area (Å²) in [6, 6.07) is 0.668. The molecule has 0 aliphatic heterocycles. The van der Waals surface area contributed by atoms with Gasteiger partial charge < -0.3 is 9.88 Å². The van der Waals surface area contributed by atoms with Gasteiger partial charge in [-0.15, -0.1) is 10.2 Å². The highest BCUT2D eigenvalue weighted by atomic mass is 32.2. The van der Waals surface area contributed by atoms with Gasteiger partial charge in [-0.05, 0) is 32.7 Å². The third kappa shape index (κ3) is 4.68. The van der Waals surface area contributed by atoms with Gasteiger partial charge >= 0.3 is 0 Å². The number of rotatable bonds is 8. The molecule has 0 radical (unpaired) electrons. The minimum Gasteiger partial charge on any atom is -0.314 e. The molecule has 1 rings (SSSR count). The van der Waals surface area contributed by atoms with Crippen LogP contribution in [-0.2, 0) is 7.05 Å². The summed E-state index contributed by atoms with van der Waals surface area (Å²) in [7, 11) is 2.02. The molecule has 0 saturated carbocycles. The van der Waals surface area contributed by atoms with Crippen LogP contribution in [0.2, 0.25) is 0 Å². The third-order valence-corrected chi connectivity index (χ3v) is 4.07. The summed E-state index contributed by atoms with van der Waals surface area (Å²) in [4.78, 5) is 0. The number of thioether (sulfide) groups is 1. The van der Waals surface area contributed by atoms with Crippen LogP contribution in [0.5, 0.6) is 0 Å². The molecule has 17 heavy (non-hydrogen) atoms. The molecule has 1 unspecified atom stereocenters. The Labute approximate surface area is 109 Å². The van der Waals surface area contributed by atoms with Crippen molar-refractivity contribution in [2.45, 2.75) is 51.2 Å². The predicted octanol–water partition coefficient (Wildman–Crippen LogP) is 2.38. The molecule has 0 spiro atoms. The highest BCUT2D eigenvalue weighted by Crippen LogP contribution is 2.17. The van der Waals surface area contributed by atoms with Gasteiger partial charge in [0.25, 0.3) is 0 Å². The van der Waals surface area contributed by atoms with Crippen molar-refractivity contribution in [3.05, 3.63) is 5.82 Å². The van der Waals surface area contributed by atoms with Gasteiger partial charge in [0.15, 0.2) is 5.16 Å². The number of aromatic nitrogens is 3. The number of aryl methyl sites for hydroxylation is 1. The monoisotopic (exact) mass is 256 g/mol. The molecule has 0 aromatic carbocycles. The SMILES string of the molecule is CCNC(CC)CCCSc1nnc(C)n1C. The van der Waals surface area contributed by atoms with Gasteiger partial charge in [-0.3, -0.25) is 0 Å². The molecule has 4 nitrogen and oxygen atoms in total. The maximum absolute atomic E-state index is 4.15. The second-order valence-corrected chi connectivity index (χ2v) is 5.30. The zero-order chi connectivity index (χ0) is 12.7. The largest absolute Gasteiger partial charge is 0.314 e. The van der Waals surface area contributed by atoms with Gasteiger partial charge in [0.05, 0.1) is 0 Å². The van der Waals surface area contributed by atoms with E-state index in [1.165, 1.54) is 19.3 Å². The minimum atomic E-state index is 0.668. The standard InChI is InChI=1S/C12H24N4S/c1-5-11(13-6-2)8-7-9-17-12-15-14-10(3)16(12)4/h11,13H,5-9H2,1-4H3. The fraction of sp³-hybridized carbons (Fsp3) is 0.833. The smallest absolute Gasteiger partial charge is 0.190 e. The topological polar surface area (TPSA) is 42.7 Å². The van der Waals surface area contributed by atoms with E-state index in [0.29, 0.717) is 6.04 Å². The lowest BCUT2D eigenvalue weighted by atomic mass is 10.1. The summed E-state index contributed by atoms with van der Waals surface area (Å²) >= 11 is 1.80. The van der Waals surface area contributed by atoms with Crippen molar-refractivity contribution in [1.29, 1.82) is 0 Å². The maximum atomic E-state index is 4.15. The average Bonchev–Trinajstić information content (AvgIpc) is 2.64. The van der Waals surface area contributed by atoms with Crippen molar-refractivity contribution >= 4 is 11.8 Å². The second-order valence-electron chi connectivity index (χ2n) is 4.24. The zero-order valence-electron chi connectivity index (χ0n) is 11.4. The van der Waals surface area contributed by atoms with E-state index in [1.807, 2.05) is 18.5 Å². The Kier molecular flexibility index (Phi) is 6.58. The molecule has 0 bridgehead atoms. The van der Waals surface area contributed by atoms with Crippen molar-refractivity contribution in [3.8, 4) is 0 Å². The van der Waals surface area contributed by atoms with Crippen LogP contribution >= 0.6 is 11.8 Å². The van der Waals surface area contributed by atoms with E-state index in [4.69, 9.17) is 0 Å². The van der Waals surface area contributed by atoms with Crippen LogP contribution in [0.15, 0.2) is 5.16 Å². The Morgan fingerprint density at radius 2 is 2.12 bits per heavy atom. The number of nitrogens with zero attached hydrogens (tertiary/aromatic N) is 3. The normalized spacial score (nSPS) is 12.9. The Morgan fingerprint density at radius 1 is 1.35 bits per heavy atom. The lowest BCUT2D eigenvalue weighted by Crippen LogP contribution is -2.28. The lowest BCUT2D eigenvalue weighted by Gasteiger charge is -2.14. The highest BCUT2D eigenvalue weighted by molar-refractivity contribution is 7.99. The fourth-order valence-corrected chi connectivity index (χ4v) is 2.66. The number of hydrogen-bond donors (Lipinski definition) is 1. The first-order chi connectivity index (χ1) is 8.19. The molecule has 0 amide bonds. The maximum Gasteiger partial charge on any atom is 0.190 e.